The summed E-state index contributed by atoms with van der Waals surface area (Å²) in [6, 6.07) is 0.445. The minimum Gasteiger partial charge on any atom is -0.385 e. The van der Waals surface area contributed by atoms with Crippen molar-refractivity contribution in [3.8, 4) is 0 Å². The van der Waals surface area contributed by atoms with Crippen LogP contribution in [0.2, 0.25) is 0 Å². The summed E-state index contributed by atoms with van der Waals surface area (Å²) in [5, 5.41) is 7.16. The van der Waals surface area contributed by atoms with Gasteiger partial charge < -0.3 is 20.3 Å². The van der Waals surface area contributed by atoms with Crippen LogP contribution in [-0.2, 0) is 9.53 Å². The van der Waals surface area contributed by atoms with E-state index >= 15 is 0 Å². The first-order valence-electron chi connectivity index (χ1n) is 10.2. The van der Waals surface area contributed by atoms with E-state index in [1.807, 2.05) is 0 Å². The van der Waals surface area contributed by atoms with Gasteiger partial charge in [0.15, 0.2) is 5.96 Å². The molecule has 0 aromatic heterocycles. The molecule has 2 N–H and O–H groups in total. The van der Waals surface area contributed by atoms with Crippen LogP contribution < -0.4 is 10.6 Å². The lowest BCUT2D eigenvalue weighted by atomic mass is 9.67. The van der Waals surface area contributed by atoms with Gasteiger partial charge in [0.05, 0.1) is 0 Å². The molecular weight excluding hydrogens is 455 g/mol. The molecule has 0 radical (unpaired) electrons. The van der Waals surface area contributed by atoms with Crippen molar-refractivity contribution in [3.05, 3.63) is 0 Å². The predicted octanol–water partition coefficient (Wildman–Crippen LogP) is 3.01. The number of hydrogen-bond acceptors (Lipinski definition) is 3. The van der Waals surface area contributed by atoms with Crippen LogP contribution in [0.3, 0.4) is 0 Å². The second-order valence-corrected chi connectivity index (χ2v) is 8.42. The standard InChI is InChI=1S/C20H38N4O2.HI/c1-16-8-5-6-9-17(16)23-19(21-14-18(25)24(2)3)22-15-20(10-7-11-20)12-13-26-4;/h16-17H,5-15H2,1-4H3,(H2,21,22,23);1H. The zero-order chi connectivity index (χ0) is 19.0. The van der Waals surface area contributed by atoms with E-state index < -0.39 is 0 Å². The molecule has 158 valence electrons. The molecule has 2 atom stereocenters. The van der Waals surface area contributed by atoms with Gasteiger partial charge in [-0.15, -0.1) is 24.0 Å². The van der Waals surface area contributed by atoms with Crippen LogP contribution in [0.25, 0.3) is 0 Å². The molecule has 2 aliphatic rings. The van der Waals surface area contributed by atoms with Crippen molar-refractivity contribution in [2.45, 2.75) is 64.3 Å². The average Bonchev–Trinajstić information content (AvgIpc) is 2.59. The summed E-state index contributed by atoms with van der Waals surface area (Å²) in [6.07, 6.45) is 9.89. The second-order valence-electron chi connectivity index (χ2n) is 8.42. The quantitative estimate of drug-likeness (QED) is 0.310. The van der Waals surface area contributed by atoms with E-state index in [4.69, 9.17) is 4.74 Å². The Hall–Kier alpha value is -0.570. The van der Waals surface area contributed by atoms with E-state index in [9.17, 15) is 4.79 Å². The lowest BCUT2D eigenvalue weighted by molar-refractivity contribution is -0.127. The highest BCUT2D eigenvalue weighted by Gasteiger charge is 2.36. The Morgan fingerprint density at radius 3 is 2.48 bits per heavy atom. The molecule has 0 bridgehead atoms. The SMILES string of the molecule is COCCC1(CNC(=NCC(=O)N(C)C)NC2CCCCC2C)CCC1.I. The average molecular weight is 494 g/mol. The maximum atomic E-state index is 12.0. The lowest BCUT2D eigenvalue weighted by Gasteiger charge is -2.42. The third-order valence-electron chi connectivity index (χ3n) is 6.19. The first kappa shape index (κ1) is 24.5. The topological polar surface area (TPSA) is 66.0 Å². The van der Waals surface area contributed by atoms with Gasteiger partial charge in [0.25, 0.3) is 0 Å². The van der Waals surface area contributed by atoms with Gasteiger partial charge in [0.1, 0.15) is 6.54 Å². The number of amides is 1. The molecule has 2 aliphatic carbocycles. The summed E-state index contributed by atoms with van der Waals surface area (Å²) in [4.78, 5) is 18.1. The van der Waals surface area contributed by atoms with E-state index in [0.717, 1.165) is 25.5 Å². The lowest BCUT2D eigenvalue weighted by Crippen LogP contribution is -2.51. The zero-order valence-electron chi connectivity index (χ0n) is 17.6. The fraction of sp³-hybridized carbons (Fsp3) is 0.900. The first-order valence-corrected chi connectivity index (χ1v) is 10.2. The number of rotatable bonds is 8. The molecule has 0 aliphatic heterocycles. The number of likely N-dealkylation sites (N-methyl/N-ethyl adjacent to an activating group) is 1. The number of methoxy groups -OCH3 is 1. The first-order chi connectivity index (χ1) is 12.5. The molecule has 0 aromatic rings. The van der Waals surface area contributed by atoms with Crippen molar-refractivity contribution >= 4 is 35.8 Å². The van der Waals surface area contributed by atoms with E-state index in [2.05, 4.69) is 22.5 Å². The molecule has 0 saturated heterocycles. The van der Waals surface area contributed by atoms with Gasteiger partial charge in [0, 0.05) is 40.4 Å². The van der Waals surface area contributed by atoms with Crippen LogP contribution in [-0.4, -0.2) is 63.7 Å². The van der Waals surface area contributed by atoms with Crippen molar-refractivity contribution < 1.29 is 9.53 Å². The highest BCUT2D eigenvalue weighted by Crippen LogP contribution is 2.43. The second kappa shape index (κ2) is 12.1. The maximum absolute atomic E-state index is 12.0. The molecule has 2 rings (SSSR count). The summed E-state index contributed by atoms with van der Waals surface area (Å²) in [6.45, 7) is 4.21. The van der Waals surface area contributed by atoms with E-state index in [-0.39, 0.29) is 36.4 Å². The fourth-order valence-corrected chi connectivity index (χ4v) is 3.93. The van der Waals surface area contributed by atoms with Crippen molar-refractivity contribution in [2.75, 3.05) is 40.9 Å². The number of ether oxygens (including phenoxy) is 1. The number of carbonyl (C=O) groups excluding carboxylic acids is 1. The van der Waals surface area contributed by atoms with Crippen LogP contribution >= 0.6 is 24.0 Å². The smallest absolute Gasteiger partial charge is 0.243 e. The summed E-state index contributed by atoms with van der Waals surface area (Å²) in [5.74, 6) is 1.47. The molecule has 0 spiro atoms. The van der Waals surface area contributed by atoms with Crippen molar-refractivity contribution in [1.82, 2.24) is 15.5 Å². The molecular formula is C20H39IN4O2. The molecule has 2 fully saturated rings. The number of hydrogen-bond donors (Lipinski definition) is 2. The molecule has 6 nitrogen and oxygen atoms in total. The molecule has 1 amide bonds. The molecule has 7 heteroatoms. The number of carbonyl (C=O) groups is 1. The monoisotopic (exact) mass is 494 g/mol. The summed E-state index contributed by atoms with van der Waals surface area (Å²) in [7, 11) is 5.32. The van der Waals surface area contributed by atoms with Crippen LogP contribution in [0.5, 0.6) is 0 Å². The number of guanidine groups is 1. The predicted molar refractivity (Wildman–Crippen MR) is 122 cm³/mol. The van der Waals surface area contributed by atoms with Gasteiger partial charge in [-0.2, -0.15) is 0 Å². The summed E-state index contributed by atoms with van der Waals surface area (Å²) < 4.78 is 5.30. The normalized spacial score (nSPS) is 24.4. The van der Waals surface area contributed by atoms with Crippen LogP contribution in [0, 0.1) is 11.3 Å². The molecule has 2 unspecified atom stereocenters. The van der Waals surface area contributed by atoms with E-state index in [1.54, 1.807) is 26.1 Å². The Balaban J connectivity index is 0.00000364. The Labute approximate surface area is 182 Å². The molecule has 2 saturated carbocycles. The Bertz CT molecular complexity index is 481. The minimum atomic E-state index is 0. The third kappa shape index (κ3) is 7.75. The summed E-state index contributed by atoms with van der Waals surface area (Å²) >= 11 is 0. The highest BCUT2D eigenvalue weighted by atomic mass is 127. The van der Waals surface area contributed by atoms with Gasteiger partial charge in [-0.25, -0.2) is 4.99 Å². The van der Waals surface area contributed by atoms with Gasteiger partial charge in [-0.1, -0.05) is 26.2 Å². The number of halogens is 1. The number of nitrogens with one attached hydrogen (secondary N) is 2. The van der Waals surface area contributed by atoms with Crippen molar-refractivity contribution in [1.29, 1.82) is 0 Å². The Kier molecular flexibility index (Phi) is 11.0. The number of aliphatic imine (C=N–C) groups is 1. The Morgan fingerprint density at radius 2 is 1.93 bits per heavy atom. The van der Waals surface area contributed by atoms with Crippen LogP contribution in [0.15, 0.2) is 4.99 Å². The molecule has 27 heavy (non-hydrogen) atoms. The van der Waals surface area contributed by atoms with Crippen LogP contribution in [0.4, 0.5) is 0 Å². The third-order valence-corrected chi connectivity index (χ3v) is 6.19. The molecule has 0 aromatic carbocycles. The van der Waals surface area contributed by atoms with Gasteiger partial charge in [-0.3, -0.25) is 4.79 Å². The largest absolute Gasteiger partial charge is 0.385 e. The minimum absolute atomic E-state index is 0. The molecule has 0 heterocycles. The van der Waals surface area contributed by atoms with Gasteiger partial charge in [0.2, 0.25) is 5.91 Å². The number of nitrogens with zero attached hydrogens (tertiary/aromatic N) is 2. The van der Waals surface area contributed by atoms with E-state index in [1.165, 1.54) is 44.9 Å². The van der Waals surface area contributed by atoms with Gasteiger partial charge >= 0.3 is 0 Å². The van der Waals surface area contributed by atoms with Crippen molar-refractivity contribution in [3.63, 3.8) is 0 Å². The summed E-state index contributed by atoms with van der Waals surface area (Å²) in [5.41, 5.74) is 0.322. The van der Waals surface area contributed by atoms with Crippen LogP contribution in [0.1, 0.15) is 58.3 Å². The highest BCUT2D eigenvalue weighted by molar-refractivity contribution is 14.0. The van der Waals surface area contributed by atoms with Crippen molar-refractivity contribution in [2.24, 2.45) is 16.3 Å². The van der Waals surface area contributed by atoms with E-state index in [0.29, 0.717) is 17.4 Å². The van der Waals surface area contributed by atoms with Gasteiger partial charge in [-0.05, 0) is 43.4 Å². The maximum Gasteiger partial charge on any atom is 0.243 e. The fourth-order valence-electron chi connectivity index (χ4n) is 3.93. The zero-order valence-corrected chi connectivity index (χ0v) is 19.9. The Morgan fingerprint density at radius 1 is 1.22 bits per heavy atom.